The molecule has 3 aromatic rings. The second-order valence-corrected chi connectivity index (χ2v) is 9.79. The molecule has 27 heavy (non-hydrogen) atoms. The van der Waals surface area contributed by atoms with E-state index in [1.54, 1.807) is 33.8 Å². The number of hydrogen-bond donors (Lipinski definition) is 1. The van der Waals surface area contributed by atoms with Crippen molar-refractivity contribution in [3.63, 3.8) is 0 Å². The molecule has 1 saturated heterocycles. The number of hydrogen-bond acceptors (Lipinski definition) is 5. The molecule has 8 heteroatoms. The summed E-state index contributed by atoms with van der Waals surface area (Å²) in [5.74, 6) is -0.104. The van der Waals surface area contributed by atoms with Crippen molar-refractivity contribution in [3.05, 3.63) is 53.0 Å². The number of carbonyl (C=O) groups excluding carboxylic acids is 1. The zero-order valence-corrected chi connectivity index (χ0v) is 16.0. The van der Waals surface area contributed by atoms with Crippen LogP contribution in [0.5, 0.6) is 0 Å². The molecule has 138 valence electrons. The van der Waals surface area contributed by atoms with Gasteiger partial charge in [-0.2, -0.15) is 4.31 Å². The SMILES string of the molecule is O=C1Cc2cc(S(=O)(=O)N3CCC[C@@H]3c3nc4ccccc4s3)ccc2N1. The molecule has 2 aliphatic heterocycles. The van der Waals surface area contributed by atoms with E-state index in [0.29, 0.717) is 12.2 Å². The monoisotopic (exact) mass is 399 g/mol. The predicted octanol–water partition coefficient (Wildman–Crippen LogP) is 3.32. The minimum atomic E-state index is -3.65. The van der Waals surface area contributed by atoms with E-state index >= 15 is 0 Å². The molecule has 2 aromatic carbocycles. The summed E-state index contributed by atoms with van der Waals surface area (Å²) >= 11 is 1.56. The molecule has 0 radical (unpaired) electrons. The normalized spacial score (nSPS) is 20.1. The highest BCUT2D eigenvalue weighted by Gasteiger charge is 2.38. The topological polar surface area (TPSA) is 79.4 Å². The molecule has 1 fully saturated rings. The number of rotatable bonds is 3. The summed E-state index contributed by atoms with van der Waals surface area (Å²) < 4.78 is 29.3. The summed E-state index contributed by atoms with van der Waals surface area (Å²) in [6.07, 6.45) is 1.80. The van der Waals surface area contributed by atoms with Gasteiger partial charge >= 0.3 is 0 Å². The van der Waals surface area contributed by atoms with Gasteiger partial charge in [0.15, 0.2) is 0 Å². The van der Waals surface area contributed by atoms with Crippen molar-refractivity contribution in [2.75, 3.05) is 11.9 Å². The Hall–Kier alpha value is -2.29. The van der Waals surface area contributed by atoms with Crippen LogP contribution in [-0.4, -0.2) is 30.2 Å². The van der Waals surface area contributed by atoms with Crippen LogP contribution in [0.1, 0.15) is 29.5 Å². The van der Waals surface area contributed by atoms with Crippen LogP contribution in [0.2, 0.25) is 0 Å². The van der Waals surface area contributed by atoms with E-state index in [1.807, 2.05) is 24.3 Å². The molecule has 1 N–H and O–H groups in total. The van der Waals surface area contributed by atoms with Crippen molar-refractivity contribution in [2.45, 2.75) is 30.2 Å². The van der Waals surface area contributed by atoms with Gasteiger partial charge in [0, 0.05) is 12.2 Å². The third-order valence-electron chi connectivity index (χ3n) is 5.11. The minimum Gasteiger partial charge on any atom is -0.326 e. The number of para-hydroxylation sites is 1. The maximum Gasteiger partial charge on any atom is 0.243 e. The van der Waals surface area contributed by atoms with E-state index < -0.39 is 10.0 Å². The first-order valence-corrected chi connectivity index (χ1v) is 11.1. The Labute approximate surface area is 160 Å². The van der Waals surface area contributed by atoms with E-state index in [-0.39, 0.29) is 23.3 Å². The number of carbonyl (C=O) groups is 1. The zero-order valence-electron chi connectivity index (χ0n) is 14.4. The van der Waals surface area contributed by atoms with E-state index in [2.05, 4.69) is 10.3 Å². The number of nitrogens with zero attached hydrogens (tertiary/aromatic N) is 2. The smallest absolute Gasteiger partial charge is 0.243 e. The molecule has 2 aliphatic rings. The maximum absolute atomic E-state index is 13.3. The first kappa shape index (κ1) is 16.9. The van der Waals surface area contributed by atoms with E-state index in [1.165, 1.54) is 0 Å². The standard InChI is InChI=1S/C19H17N3O3S2/c23-18-11-12-10-13(7-8-14(12)20-18)27(24,25)22-9-3-5-16(22)19-21-15-4-1-2-6-17(15)26-19/h1-2,4,6-8,10,16H,3,5,9,11H2,(H,20,23)/t16-/m1/s1. The van der Waals surface area contributed by atoms with Gasteiger partial charge in [-0.15, -0.1) is 11.3 Å². The van der Waals surface area contributed by atoms with Gasteiger partial charge in [0.05, 0.1) is 27.6 Å². The molecule has 1 amide bonds. The molecular formula is C19H17N3O3S2. The lowest BCUT2D eigenvalue weighted by Crippen LogP contribution is -2.30. The van der Waals surface area contributed by atoms with Crippen molar-refractivity contribution in [3.8, 4) is 0 Å². The van der Waals surface area contributed by atoms with Crippen molar-refractivity contribution in [2.24, 2.45) is 0 Å². The van der Waals surface area contributed by atoms with Gasteiger partial charge in [-0.25, -0.2) is 13.4 Å². The third-order valence-corrected chi connectivity index (χ3v) is 8.15. The molecular weight excluding hydrogens is 382 g/mol. The Kier molecular flexibility index (Phi) is 3.82. The number of nitrogens with one attached hydrogen (secondary N) is 1. The van der Waals surface area contributed by atoms with Gasteiger partial charge in [-0.05, 0) is 48.7 Å². The molecule has 0 bridgehead atoms. The van der Waals surface area contributed by atoms with Crippen molar-refractivity contribution in [1.82, 2.24) is 9.29 Å². The lowest BCUT2D eigenvalue weighted by atomic mass is 10.2. The summed E-state index contributed by atoms with van der Waals surface area (Å²) in [5, 5.41) is 3.58. The molecule has 5 rings (SSSR count). The number of benzene rings is 2. The van der Waals surface area contributed by atoms with E-state index in [0.717, 1.165) is 33.6 Å². The van der Waals surface area contributed by atoms with Crippen LogP contribution in [0.4, 0.5) is 5.69 Å². The Morgan fingerprint density at radius 2 is 2.04 bits per heavy atom. The second kappa shape index (κ2) is 6.12. The average molecular weight is 399 g/mol. The van der Waals surface area contributed by atoms with Crippen molar-refractivity contribution < 1.29 is 13.2 Å². The number of sulfonamides is 1. The van der Waals surface area contributed by atoms with Crippen LogP contribution in [0.3, 0.4) is 0 Å². The zero-order chi connectivity index (χ0) is 18.6. The maximum atomic E-state index is 13.3. The predicted molar refractivity (Wildman–Crippen MR) is 104 cm³/mol. The molecule has 6 nitrogen and oxygen atoms in total. The van der Waals surface area contributed by atoms with Gasteiger partial charge in [0.1, 0.15) is 5.01 Å². The fourth-order valence-electron chi connectivity index (χ4n) is 3.81. The summed E-state index contributed by atoms with van der Waals surface area (Å²) in [6.45, 7) is 0.483. The van der Waals surface area contributed by atoms with Gasteiger partial charge in [0.25, 0.3) is 0 Å². The second-order valence-electron chi connectivity index (χ2n) is 6.84. The van der Waals surface area contributed by atoms with Gasteiger partial charge in [-0.1, -0.05) is 12.1 Å². The molecule has 0 aliphatic carbocycles. The quantitative estimate of drug-likeness (QED) is 0.733. The fourth-order valence-corrected chi connectivity index (χ4v) is 6.70. The van der Waals surface area contributed by atoms with Crippen LogP contribution in [0, 0.1) is 0 Å². The Morgan fingerprint density at radius 3 is 2.89 bits per heavy atom. The number of thiazole rings is 1. The summed E-state index contributed by atoms with van der Waals surface area (Å²) in [6, 6.07) is 12.5. The van der Waals surface area contributed by atoms with Crippen LogP contribution < -0.4 is 5.32 Å². The lowest BCUT2D eigenvalue weighted by molar-refractivity contribution is -0.115. The first-order valence-electron chi connectivity index (χ1n) is 8.82. The summed E-state index contributed by atoms with van der Waals surface area (Å²) in [5.41, 5.74) is 2.34. The highest BCUT2D eigenvalue weighted by molar-refractivity contribution is 7.89. The van der Waals surface area contributed by atoms with Gasteiger partial charge in [-0.3, -0.25) is 4.79 Å². The molecule has 0 spiro atoms. The van der Waals surface area contributed by atoms with Crippen LogP contribution in [0.15, 0.2) is 47.4 Å². The average Bonchev–Trinajstić information content (AvgIpc) is 3.36. The minimum absolute atomic E-state index is 0.104. The number of aromatic nitrogens is 1. The Bertz CT molecular complexity index is 1140. The van der Waals surface area contributed by atoms with Crippen LogP contribution in [0.25, 0.3) is 10.2 Å². The summed E-state index contributed by atoms with van der Waals surface area (Å²) in [7, 11) is -3.65. The number of anilines is 1. The highest BCUT2D eigenvalue weighted by Crippen LogP contribution is 2.40. The molecule has 0 unspecified atom stereocenters. The third kappa shape index (κ3) is 2.75. The Balaban J connectivity index is 1.52. The lowest BCUT2D eigenvalue weighted by Gasteiger charge is -2.22. The van der Waals surface area contributed by atoms with Crippen LogP contribution >= 0.6 is 11.3 Å². The highest BCUT2D eigenvalue weighted by atomic mass is 32.2. The number of amides is 1. The fraction of sp³-hybridized carbons (Fsp3) is 0.263. The molecule has 3 heterocycles. The first-order chi connectivity index (χ1) is 13.0. The van der Waals surface area contributed by atoms with E-state index in [4.69, 9.17) is 0 Å². The van der Waals surface area contributed by atoms with E-state index in [9.17, 15) is 13.2 Å². The molecule has 1 aromatic heterocycles. The molecule has 1 atom stereocenters. The van der Waals surface area contributed by atoms with Gasteiger partial charge in [0.2, 0.25) is 15.9 Å². The number of fused-ring (bicyclic) bond motifs is 2. The summed E-state index contributed by atoms with van der Waals surface area (Å²) in [4.78, 5) is 16.5. The Morgan fingerprint density at radius 1 is 1.19 bits per heavy atom. The van der Waals surface area contributed by atoms with Crippen molar-refractivity contribution in [1.29, 1.82) is 0 Å². The van der Waals surface area contributed by atoms with Crippen LogP contribution in [-0.2, 0) is 21.2 Å². The largest absolute Gasteiger partial charge is 0.326 e. The van der Waals surface area contributed by atoms with Gasteiger partial charge < -0.3 is 5.32 Å². The molecule has 0 saturated carbocycles. The van der Waals surface area contributed by atoms with Crippen molar-refractivity contribution >= 4 is 43.2 Å².